The third-order valence-corrected chi connectivity index (χ3v) is 3.39. The molecule has 108 valence electrons. The van der Waals surface area contributed by atoms with Crippen molar-refractivity contribution in [2.45, 2.75) is 0 Å². The summed E-state index contributed by atoms with van der Waals surface area (Å²) >= 11 is 3.23. The molecule has 0 aromatic heterocycles. The molecule has 0 bridgehead atoms. The lowest BCUT2D eigenvalue weighted by Gasteiger charge is -2.13. The Labute approximate surface area is 129 Å². The van der Waals surface area contributed by atoms with Crippen molar-refractivity contribution in [1.29, 1.82) is 0 Å². The van der Waals surface area contributed by atoms with E-state index in [0.717, 1.165) is 4.90 Å². The number of hydrogen-bond donors (Lipinski definition) is 0. The maximum atomic E-state index is 12.1. The number of halogens is 1. The van der Waals surface area contributed by atoms with Crippen LogP contribution in [-0.2, 0) is 9.59 Å². The van der Waals surface area contributed by atoms with Gasteiger partial charge in [-0.1, -0.05) is 34.1 Å². The van der Waals surface area contributed by atoms with Gasteiger partial charge in [0.05, 0.1) is 6.54 Å². The van der Waals surface area contributed by atoms with Crippen molar-refractivity contribution >= 4 is 39.6 Å². The Morgan fingerprint density at radius 1 is 1.19 bits per heavy atom. The van der Waals surface area contributed by atoms with Crippen LogP contribution in [0.1, 0.15) is 10.4 Å². The summed E-state index contributed by atoms with van der Waals surface area (Å²) in [6, 6.07) is 5.77. The number of amides is 4. The normalized spacial score (nSPS) is 14.8. The molecule has 0 saturated carbocycles. The fourth-order valence-electron chi connectivity index (χ4n) is 1.88. The number of urea groups is 1. The quantitative estimate of drug-likeness (QED) is 0.350. The minimum absolute atomic E-state index is 0.0645. The number of carbonyl (C=O) groups is 4. The molecule has 4 amide bonds. The van der Waals surface area contributed by atoms with Gasteiger partial charge >= 0.3 is 17.8 Å². The first-order valence-corrected chi connectivity index (χ1v) is 6.82. The van der Waals surface area contributed by atoms with E-state index in [1.807, 2.05) is 0 Å². The zero-order valence-corrected chi connectivity index (χ0v) is 12.5. The summed E-state index contributed by atoms with van der Waals surface area (Å²) in [5.41, 5.74) is 0.347. The highest BCUT2D eigenvalue weighted by Crippen LogP contribution is 2.15. The third kappa shape index (κ3) is 2.92. The second kappa shape index (κ2) is 6.01. The molecule has 7 heteroatoms. The van der Waals surface area contributed by atoms with Crippen LogP contribution in [-0.4, -0.2) is 46.5 Å². The Bertz CT molecular complexity index is 656. The van der Waals surface area contributed by atoms with Gasteiger partial charge in [-0.15, -0.1) is 6.58 Å². The highest BCUT2D eigenvalue weighted by molar-refractivity contribution is 9.10. The molecule has 6 nitrogen and oxygen atoms in total. The molecule has 0 N–H and O–H groups in total. The Balaban J connectivity index is 2.18. The second-order valence-electron chi connectivity index (χ2n) is 4.31. The average Bonchev–Trinajstić information content (AvgIpc) is 2.65. The molecule has 0 radical (unpaired) electrons. The van der Waals surface area contributed by atoms with E-state index >= 15 is 0 Å². The standard InChI is InChI=1S/C14H11BrN2O4/c1-2-6-16-12(19)13(20)17(14(16)21)8-11(18)9-4-3-5-10(15)7-9/h2-5,7H,1,6,8H2. The Kier molecular flexibility index (Phi) is 4.32. The van der Waals surface area contributed by atoms with Crippen molar-refractivity contribution in [3.8, 4) is 0 Å². The number of Topliss-reactive ketones (excluding diaryl/α,β-unsaturated/α-hetero) is 1. The minimum Gasteiger partial charge on any atom is -0.292 e. The summed E-state index contributed by atoms with van der Waals surface area (Å²) in [4.78, 5) is 48.8. The Morgan fingerprint density at radius 2 is 1.86 bits per heavy atom. The molecule has 1 aromatic rings. The summed E-state index contributed by atoms with van der Waals surface area (Å²) < 4.78 is 0.705. The van der Waals surface area contributed by atoms with Crippen LogP contribution < -0.4 is 0 Å². The van der Waals surface area contributed by atoms with Crippen LogP contribution in [0, 0.1) is 0 Å². The lowest BCUT2D eigenvalue weighted by atomic mass is 10.1. The Morgan fingerprint density at radius 3 is 2.48 bits per heavy atom. The second-order valence-corrected chi connectivity index (χ2v) is 5.23. The van der Waals surface area contributed by atoms with E-state index in [1.54, 1.807) is 24.3 Å². The maximum Gasteiger partial charge on any atom is 0.334 e. The van der Waals surface area contributed by atoms with Crippen LogP contribution in [0.2, 0.25) is 0 Å². The van der Waals surface area contributed by atoms with Gasteiger partial charge in [0.15, 0.2) is 5.78 Å². The fraction of sp³-hybridized carbons (Fsp3) is 0.143. The first-order valence-electron chi connectivity index (χ1n) is 6.02. The predicted molar refractivity (Wildman–Crippen MR) is 77.5 cm³/mol. The number of nitrogens with zero attached hydrogens (tertiary/aromatic N) is 2. The number of rotatable bonds is 5. The van der Waals surface area contributed by atoms with Crippen molar-refractivity contribution < 1.29 is 19.2 Å². The van der Waals surface area contributed by atoms with Gasteiger partial charge in [0.25, 0.3) is 0 Å². The number of imide groups is 2. The van der Waals surface area contributed by atoms with Gasteiger partial charge in [-0.25, -0.2) is 9.69 Å². The molecule has 0 unspecified atom stereocenters. The molecule has 1 aliphatic rings. The monoisotopic (exact) mass is 350 g/mol. The third-order valence-electron chi connectivity index (χ3n) is 2.90. The summed E-state index contributed by atoms with van der Waals surface area (Å²) in [6.07, 6.45) is 1.34. The maximum absolute atomic E-state index is 12.1. The Hall–Kier alpha value is -2.28. The van der Waals surface area contributed by atoms with Crippen LogP contribution in [0.15, 0.2) is 41.4 Å². The first-order chi connectivity index (χ1) is 9.95. The summed E-state index contributed by atoms with van der Waals surface area (Å²) in [6.45, 7) is 2.88. The molecule has 0 aliphatic carbocycles. The zero-order valence-electron chi connectivity index (χ0n) is 10.9. The van der Waals surface area contributed by atoms with E-state index in [4.69, 9.17) is 0 Å². The minimum atomic E-state index is -0.995. The zero-order chi connectivity index (χ0) is 15.6. The lowest BCUT2D eigenvalue weighted by molar-refractivity contribution is -0.142. The van der Waals surface area contributed by atoms with E-state index < -0.39 is 30.2 Å². The highest BCUT2D eigenvalue weighted by atomic mass is 79.9. The molecule has 0 atom stereocenters. The van der Waals surface area contributed by atoms with E-state index in [-0.39, 0.29) is 6.54 Å². The highest BCUT2D eigenvalue weighted by Gasteiger charge is 2.44. The smallest absolute Gasteiger partial charge is 0.292 e. The average molecular weight is 351 g/mol. The van der Waals surface area contributed by atoms with Crippen molar-refractivity contribution in [3.63, 3.8) is 0 Å². The number of ketones is 1. The van der Waals surface area contributed by atoms with Crippen LogP contribution in [0.5, 0.6) is 0 Å². The van der Waals surface area contributed by atoms with Gasteiger partial charge in [0, 0.05) is 16.6 Å². The predicted octanol–water partition coefficient (Wildman–Crippen LogP) is 1.61. The lowest BCUT2D eigenvalue weighted by Crippen LogP contribution is -2.37. The molecule has 2 rings (SSSR count). The number of benzene rings is 1. The van der Waals surface area contributed by atoms with E-state index in [1.165, 1.54) is 6.08 Å². The molecule has 1 aromatic carbocycles. The van der Waals surface area contributed by atoms with Crippen molar-refractivity contribution in [3.05, 3.63) is 47.0 Å². The van der Waals surface area contributed by atoms with Crippen LogP contribution in [0.3, 0.4) is 0 Å². The summed E-state index contributed by atoms with van der Waals surface area (Å²) in [7, 11) is 0. The summed E-state index contributed by atoms with van der Waals surface area (Å²) in [5, 5.41) is 0. The molecule has 0 spiro atoms. The molecule has 21 heavy (non-hydrogen) atoms. The van der Waals surface area contributed by atoms with Crippen molar-refractivity contribution in [2.24, 2.45) is 0 Å². The molecule has 1 heterocycles. The van der Waals surface area contributed by atoms with E-state index in [0.29, 0.717) is 14.9 Å². The summed E-state index contributed by atoms with van der Waals surface area (Å²) in [5.74, 6) is -2.36. The van der Waals surface area contributed by atoms with Crippen molar-refractivity contribution in [2.75, 3.05) is 13.1 Å². The van der Waals surface area contributed by atoms with Crippen LogP contribution in [0.4, 0.5) is 4.79 Å². The van der Waals surface area contributed by atoms with E-state index in [9.17, 15) is 19.2 Å². The van der Waals surface area contributed by atoms with Gasteiger partial charge in [-0.05, 0) is 12.1 Å². The molecule has 1 fully saturated rings. The topological polar surface area (TPSA) is 74.8 Å². The molecular weight excluding hydrogens is 340 g/mol. The molecule has 1 aliphatic heterocycles. The fourth-order valence-corrected chi connectivity index (χ4v) is 2.28. The molecule has 1 saturated heterocycles. The molecular formula is C14H11BrN2O4. The number of hydrogen-bond acceptors (Lipinski definition) is 4. The van der Waals surface area contributed by atoms with Gasteiger partial charge in [-0.3, -0.25) is 19.3 Å². The van der Waals surface area contributed by atoms with Crippen molar-refractivity contribution in [1.82, 2.24) is 9.80 Å². The van der Waals surface area contributed by atoms with Gasteiger partial charge in [-0.2, -0.15) is 0 Å². The van der Waals surface area contributed by atoms with Gasteiger partial charge in [0.2, 0.25) is 0 Å². The SMILES string of the molecule is C=CCN1C(=O)C(=O)N(CC(=O)c2cccc(Br)c2)C1=O. The van der Waals surface area contributed by atoms with Crippen LogP contribution >= 0.6 is 15.9 Å². The number of carbonyl (C=O) groups excluding carboxylic acids is 4. The first kappa shape index (κ1) is 15.1. The largest absolute Gasteiger partial charge is 0.334 e. The van der Waals surface area contributed by atoms with Crippen LogP contribution in [0.25, 0.3) is 0 Å². The van der Waals surface area contributed by atoms with E-state index in [2.05, 4.69) is 22.5 Å². The van der Waals surface area contributed by atoms with Gasteiger partial charge in [0.1, 0.15) is 0 Å². The van der Waals surface area contributed by atoms with Gasteiger partial charge < -0.3 is 0 Å².